The number of anilines is 1. The molecular formula is C28H33N7O2. The first-order valence-corrected chi connectivity index (χ1v) is 13.0. The number of hydrogen-bond donors (Lipinski definition) is 2. The lowest BCUT2D eigenvalue weighted by atomic mass is 9.75. The standard InChI is InChI=1S/C28H33N7O2/c1-19-5-4-10-35(14-19)15-20-11-24(32-23-8-9-29-26(20)23)27(36)31-22-7-3-6-21(12-22)28(16-37-17-28)13-25-33-30-18-34(25)2/h3,6-9,11-12,18-19,29H,4-5,10,13-17H2,1-2H3,(H,31,36). The highest BCUT2D eigenvalue weighted by Crippen LogP contribution is 2.36. The molecule has 0 radical (unpaired) electrons. The van der Waals surface area contributed by atoms with E-state index in [1.54, 1.807) is 6.33 Å². The van der Waals surface area contributed by atoms with Crippen LogP contribution >= 0.6 is 0 Å². The van der Waals surface area contributed by atoms with Gasteiger partial charge in [0.25, 0.3) is 5.91 Å². The molecule has 1 atom stereocenters. The number of benzene rings is 1. The summed E-state index contributed by atoms with van der Waals surface area (Å²) in [4.78, 5) is 23.8. The summed E-state index contributed by atoms with van der Waals surface area (Å²) in [6.07, 6.45) is 6.83. The van der Waals surface area contributed by atoms with Gasteiger partial charge in [-0.2, -0.15) is 0 Å². The molecule has 6 rings (SSSR count). The van der Waals surface area contributed by atoms with E-state index in [1.807, 2.05) is 48.1 Å². The topological polar surface area (TPSA) is 101 Å². The molecule has 2 N–H and O–H groups in total. The van der Waals surface area contributed by atoms with E-state index < -0.39 is 0 Å². The number of carbonyl (C=O) groups excluding carboxylic acids is 1. The second-order valence-electron chi connectivity index (χ2n) is 10.7. The minimum Gasteiger partial charge on any atom is -0.379 e. The summed E-state index contributed by atoms with van der Waals surface area (Å²) in [5.74, 6) is 1.40. The van der Waals surface area contributed by atoms with E-state index in [9.17, 15) is 4.79 Å². The van der Waals surface area contributed by atoms with Gasteiger partial charge in [0.1, 0.15) is 17.8 Å². The van der Waals surface area contributed by atoms with Crippen LogP contribution in [0.15, 0.2) is 48.9 Å². The summed E-state index contributed by atoms with van der Waals surface area (Å²) in [5.41, 5.74) is 5.05. The van der Waals surface area contributed by atoms with Gasteiger partial charge in [0, 0.05) is 43.9 Å². The van der Waals surface area contributed by atoms with Gasteiger partial charge < -0.3 is 19.6 Å². The molecule has 5 heterocycles. The number of nitrogens with one attached hydrogen (secondary N) is 2. The molecule has 1 aromatic carbocycles. The number of piperidine rings is 1. The first-order valence-electron chi connectivity index (χ1n) is 13.0. The smallest absolute Gasteiger partial charge is 0.274 e. The number of amides is 1. The van der Waals surface area contributed by atoms with E-state index in [-0.39, 0.29) is 11.3 Å². The largest absolute Gasteiger partial charge is 0.379 e. The molecule has 2 fully saturated rings. The number of ether oxygens (including phenoxy) is 1. The number of rotatable bonds is 7. The molecule has 2 saturated heterocycles. The van der Waals surface area contributed by atoms with Gasteiger partial charge in [0.2, 0.25) is 0 Å². The zero-order valence-corrected chi connectivity index (χ0v) is 21.4. The Morgan fingerprint density at radius 3 is 2.92 bits per heavy atom. The average molecular weight is 500 g/mol. The van der Waals surface area contributed by atoms with E-state index in [2.05, 4.69) is 43.4 Å². The summed E-state index contributed by atoms with van der Waals surface area (Å²) in [6.45, 7) is 6.51. The molecule has 1 amide bonds. The van der Waals surface area contributed by atoms with Crippen molar-refractivity contribution in [2.75, 3.05) is 31.6 Å². The number of hydrogen-bond acceptors (Lipinski definition) is 6. The lowest BCUT2D eigenvalue weighted by Gasteiger charge is -2.41. The number of aromatic amines is 1. The molecule has 1 unspecified atom stereocenters. The number of carbonyl (C=O) groups is 1. The number of aromatic nitrogens is 5. The molecule has 0 saturated carbocycles. The zero-order valence-electron chi connectivity index (χ0n) is 21.4. The number of likely N-dealkylation sites (tertiary alicyclic amines) is 1. The van der Waals surface area contributed by atoms with E-state index in [0.717, 1.165) is 59.7 Å². The molecule has 9 nitrogen and oxygen atoms in total. The molecule has 2 aliphatic heterocycles. The van der Waals surface area contributed by atoms with Gasteiger partial charge in [-0.1, -0.05) is 19.1 Å². The fraction of sp³-hybridized carbons (Fsp3) is 0.429. The minimum absolute atomic E-state index is 0.178. The van der Waals surface area contributed by atoms with Crippen molar-refractivity contribution in [2.24, 2.45) is 13.0 Å². The van der Waals surface area contributed by atoms with Crippen LogP contribution in [0, 0.1) is 5.92 Å². The maximum absolute atomic E-state index is 13.4. The van der Waals surface area contributed by atoms with Crippen molar-refractivity contribution in [1.82, 2.24) is 29.6 Å². The lowest BCUT2D eigenvalue weighted by Crippen LogP contribution is -2.49. The highest BCUT2D eigenvalue weighted by atomic mass is 16.5. The Hall–Kier alpha value is -3.56. The number of fused-ring (bicyclic) bond motifs is 1. The Labute approximate surface area is 216 Å². The molecular weight excluding hydrogens is 466 g/mol. The number of pyridine rings is 1. The van der Waals surface area contributed by atoms with Gasteiger partial charge in [-0.05, 0) is 60.7 Å². The predicted octanol–water partition coefficient (Wildman–Crippen LogP) is 3.69. The monoisotopic (exact) mass is 499 g/mol. The first kappa shape index (κ1) is 23.8. The molecule has 2 aliphatic rings. The van der Waals surface area contributed by atoms with Crippen LogP contribution in [0.1, 0.15) is 47.2 Å². The second-order valence-corrected chi connectivity index (χ2v) is 10.7. The fourth-order valence-corrected chi connectivity index (χ4v) is 5.63. The number of H-pyrrole nitrogens is 1. The summed E-state index contributed by atoms with van der Waals surface area (Å²) in [6, 6.07) is 11.9. The third-order valence-corrected chi connectivity index (χ3v) is 7.76. The molecule has 192 valence electrons. The van der Waals surface area contributed by atoms with Crippen LogP contribution in [0.2, 0.25) is 0 Å². The second kappa shape index (κ2) is 9.72. The van der Waals surface area contributed by atoms with E-state index >= 15 is 0 Å². The van der Waals surface area contributed by atoms with Crippen molar-refractivity contribution in [3.05, 3.63) is 71.6 Å². The maximum atomic E-state index is 13.4. The average Bonchev–Trinajstić information content (AvgIpc) is 3.50. The predicted molar refractivity (Wildman–Crippen MR) is 141 cm³/mol. The van der Waals surface area contributed by atoms with Crippen molar-refractivity contribution in [1.29, 1.82) is 0 Å². The van der Waals surface area contributed by atoms with Crippen molar-refractivity contribution < 1.29 is 9.53 Å². The normalized spacial score (nSPS) is 19.6. The third kappa shape index (κ3) is 4.76. The van der Waals surface area contributed by atoms with Gasteiger partial charge in [-0.3, -0.25) is 9.69 Å². The fourth-order valence-electron chi connectivity index (χ4n) is 5.63. The van der Waals surface area contributed by atoms with Crippen LogP contribution in [-0.4, -0.2) is 61.8 Å². The van der Waals surface area contributed by atoms with Crippen molar-refractivity contribution in [3.63, 3.8) is 0 Å². The highest BCUT2D eigenvalue weighted by molar-refractivity contribution is 6.04. The van der Waals surface area contributed by atoms with E-state index in [1.165, 1.54) is 12.8 Å². The lowest BCUT2D eigenvalue weighted by molar-refractivity contribution is -0.0610. The van der Waals surface area contributed by atoms with Crippen molar-refractivity contribution >= 4 is 22.6 Å². The molecule has 4 aromatic rings. The van der Waals surface area contributed by atoms with Crippen LogP contribution in [0.4, 0.5) is 5.69 Å². The molecule has 0 spiro atoms. The molecule has 37 heavy (non-hydrogen) atoms. The van der Waals surface area contributed by atoms with Crippen LogP contribution < -0.4 is 5.32 Å². The summed E-state index contributed by atoms with van der Waals surface area (Å²) in [5, 5.41) is 11.4. The van der Waals surface area contributed by atoms with Crippen LogP contribution in [-0.2, 0) is 30.2 Å². The Morgan fingerprint density at radius 1 is 1.27 bits per heavy atom. The van der Waals surface area contributed by atoms with Gasteiger partial charge in [0.15, 0.2) is 0 Å². The van der Waals surface area contributed by atoms with Gasteiger partial charge in [-0.15, -0.1) is 10.2 Å². The molecule has 0 aliphatic carbocycles. The SMILES string of the molecule is CC1CCCN(Cc2cc(C(=O)Nc3cccc(C4(Cc5nncn5C)COC4)c3)nc3cc[nH]c23)C1. The van der Waals surface area contributed by atoms with Gasteiger partial charge in [0.05, 0.1) is 24.2 Å². The third-order valence-electron chi connectivity index (χ3n) is 7.76. The highest BCUT2D eigenvalue weighted by Gasteiger charge is 2.41. The molecule has 3 aromatic heterocycles. The van der Waals surface area contributed by atoms with Crippen molar-refractivity contribution in [2.45, 2.75) is 38.1 Å². The zero-order chi connectivity index (χ0) is 25.4. The Balaban J connectivity index is 1.23. The Kier molecular flexibility index (Phi) is 6.26. The van der Waals surface area contributed by atoms with Crippen LogP contribution in [0.3, 0.4) is 0 Å². The maximum Gasteiger partial charge on any atom is 0.274 e. The Bertz CT molecular complexity index is 1420. The van der Waals surface area contributed by atoms with Crippen molar-refractivity contribution in [3.8, 4) is 0 Å². The molecule has 0 bridgehead atoms. The number of nitrogens with zero attached hydrogens (tertiary/aromatic N) is 5. The first-order chi connectivity index (χ1) is 18.0. The summed E-state index contributed by atoms with van der Waals surface area (Å²) < 4.78 is 7.57. The van der Waals surface area contributed by atoms with Crippen LogP contribution in [0.25, 0.3) is 11.0 Å². The van der Waals surface area contributed by atoms with Gasteiger partial charge >= 0.3 is 0 Å². The number of aryl methyl sites for hydroxylation is 1. The van der Waals surface area contributed by atoms with Crippen LogP contribution in [0.5, 0.6) is 0 Å². The quantitative estimate of drug-likeness (QED) is 0.402. The van der Waals surface area contributed by atoms with E-state index in [0.29, 0.717) is 24.8 Å². The van der Waals surface area contributed by atoms with E-state index in [4.69, 9.17) is 4.74 Å². The summed E-state index contributed by atoms with van der Waals surface area (Å²) in [7, 11) is 1.95. The van der Waals surface area contributed by atoms with Gasteiger partial charge in [-0.25, -0.2) is 4.98 Å². The Morgan fingerprint density at radius 2 is 2.16 bits per heavy atom. The minimum atomic E-state index is -0.208. The molecule has 9 heteroatoms. The summed E-state index contributed by atoms with van der Waals surface area (Å²) >= 11 is 0.